The summed E-state index contributed by atoms with van der Waals surface area (Å²) in [7, 11) is 0. The van der Waals surface area contributed by atoms with Gasteiger partial charge in [0, 0.05) is 13.1 Å². The number of aliphatic hydroxyl groups is 2. The molecule has 0 radical (unpaired) electrons. The van der Waals surface area contributed by atoms with Crippen molar-refractivity contribution in [3.05, 3.63) is 0 Å². The van der Waals surface area contributed by atoms with Gasteiger partial charge in [0.15, 0.2) is 0 Å². The average Bonchev–Trinajstić information content (AvgIpc) is 2.52. The van der Waals surface area contributed by atoms with E-state index in [1.165, 1.54) is 6.42 Å². The van der Waals surface area contributed by atoms with Gasteiger partial charge in [-0.05, 0) is 38.1 Å². The second kappa shape index (κ2) is 4.60. The molecule has 3 atom stereocenters. The molecule has 0 aromatic heterocycles. The minimum atomic E-state index is -0.137. The first-order valence-corrected chi connectivity index (χ1v) is 5.84. The Morgan fingerprint density at radius 1 is 1.07 bits per heavy atom. The number of hydrogen-bond acceptors (Lipinski definition) is 3. The molecule has 0 bridgehead atoms. The van der Waals surface area contributed by atoms with Crippen molar-refractivity contribution in [3.8, 4) is 0 Å². The van der Waals surface area contributed by atoms with E-state index in [0.717, 1.165) is 45.3 Å². The molecule has 3 unspecified atom stereocenters. The van der Waals surface area contributed by atoms with Crippen LogP contribution in [0.25, 0.3) is 0 Å². The number of nitrogens with zero attached hydrogens (tertiary/aromatic N) is 1. The van der Waals surface area contributed by atoms with Crippen molar-refractivity contribution in [1.29, 1.82) is 0 Å². The van der Waals surface area contributed by atoms with Gasteiger partial charge in [0.25, 0.3) is 0 Å². The summed E-state index contributed by atoms with van der Waals surface area (Å²) in [5.41, 5.74) is 0. The van der Waals surface area contributed by atoms with Gasteiger partial charge < -0.3 is 15.1 Å². The highest BCUT2D eigenvalue weighted by molar-refractivity contribution is 4.81. The largest absolute Gasteiger partial charge is 0.393 e. The predicted molar refractivity (Wildman–Crippen MR) is 55.0 cm³/mol. The van der Waals surface area contributed by atoms with Crippen LogP contribution in [0.3, 0.4) is 0 Å². The van der Waals surface area contributed by atoms with E-state index in [0.29, 0.717) is 5.92 Å². The van der Waals surface area contributed by atoms with E-state index in [1.807, 2.05) is 0 Å². The highest BCUT2D eigenvalue weighted by atomic mass is 16.3. The fourth-order valence-corrected chi connectivity index (χ4v) is 2.76. The van der Waals surface area contributed by atoms with E-state index in [2.05, 4.69) is 4.90 Å². The van der Waals surface area contributed by atoms with E-state index < -0.39 is 0 Å². The first-order chi connectivity index (χ1) is 6.75. The molecule has 2 aliphatic rings. The van der Waals surface area contributed by atoms with Crippen LogP contribution in [-0.2, 0) is 0 Å². The maximum absolute atomic E-state index is 9.70. The monoisotopic (exact) mass is 199 g/mol. The molecule has 0 aromatic carbocycles. The standard InChI is InChI=1S/C11H21NO2/c13-10-4-2-6-12(8-10)7-9-3-1-5-11(9)14/h9-11,13-14H,1-8H2. The Labute approximate surface area is 85.7 Å². The lowest BCUT2D eigenvalue weighted by Crippen LogP contribution is -2.42. The summed E-state index contributed by atoms with van der Waals surface area (Å²) < 4.78 is 0. The quantitative estimate of drug-likeness (QED) is 0.684. The molecule has 3 heteroatoms. The van der Waals surface area contributed by atoms with Crippen molar-refractivity contribution >= 4 is 0 Å². The summed E-state index contributed by atoms with van der Waals surface area (Å²) in [6, 6.07) is 0. The van der Waals surface area contributed by atoms with Crippen LogP contribution in [0, 0.1) is 5.92 Å². The van der Waals surface area contributed by atoms with Crippen LogP contribution in [-0.4, -0.2) is 47.0 Å². The molecule has 14 heavy (non-hydrogen) atoms. The first kappa shape index (κ1) is 10.4. The topological polar surface area (TPSA) is 43.7 Å². The average molecular weight is 199 g/mol. The number of piperidine rings is 1. The van der Waals surface area contributed by atoms with Gasteiger partial charge in [0.1, 0.15) is 0 Å². The Kier molecular flexibility index (Phi) is 3.42. The summed E-state index contributed by atoms with van der Waals surface area (Å²) in [5.74, 6) is 0.459. The van der Waals surface area contributed by atoms with E-state index in [4.69, 9.17) is 0 Å². The van der Waals surface area contributed by atoms with Gasteiger partial charge in [-0.25, -0.2) is 0 Å². The third-order valence-electron chi connectivity index (χ3n) is 3.59. The van der Waals surface area contributed by atoms with Crippen molar-refractivity contribution in [1.82, 2.24) is 4.90 Å². The predicted octanol–water partition coefficient (Wildman–Crippen LogP) is 0.604. The maximum atomic E-state index is 9.70. The fraction of sp³-hybridized carbons (Fsp3) is 1.00. The van der Waals surface area contributed by atoms with Crippen LogP contribution in [0.5, 0.6) is 0 Å². The zero-order chi connectivity index (χ0) is 9.97. The molecule has 0 spiro atoms. The van der Waals surface area contributed by atoms with Crippen molar-refractivity contribution in [2.24, 2.45) is 5.92 Å². The lowest BCUT2D eigenvalue weighted by Gasteiger charge is -2.32. The first-order valence-electron chi connectivity index (χ1n) is 5.84. The molecule has 3 nitrogen and oxygen atoms in total. The number of rotatable bonds is 2. The van der Waals surface area contributed by atoms with Gasteiger partial charge in [-0.15, -0.1) is 0 Å². The number of hydrogen-bond donors (Lipinski definition) is 2. The van der Waals surface area contributed by atoms with Crippen molar-refractivity contribution in [3.63, 3.8) is 0 Å². The Hall–Kier alpha value is -0.120. The van der Waals surface area contributed by atoms with Gasteiger partial charge in [0.2, 0.25) is 0 Å². The van der Waals surface area contributed by atoms with Gasteiger partial charge in [-0.2, -0.15) is 0 Å². The van der Waals surface area contributed by atoms with Crippen molar-refractivity contribution in [2.75, 3.05) is 19.6 Å². The second-order valence-electron chi connectivity index (χ2n) is 4.81. The van der Waals surface area contributed by atoms with Gasteiger partial charge in [-0.1, -0.05) is 6.42 Å². The molecule has 82 valence electrons. The van der Waals surface area contributed by atoms with Crippen LogP contribution < -0.4 is 0 Å². The molecule has 1 aliphatic carbocycles. The van der Waals surface area contributed by atoms with Crippen LogP contribution in [0.1, 0.15) is 32.1 Å². The molecule has 2 rings (SSSR count). The molecule has 1 saturated carbocycles. The third-order valence-corrected chi connectivity index (χ3v) is 3.59. The summed E-state index contributed by atoms with van der Waals surface area (Å²) in [5, 5.41) is 19.2. The number of aliphatic hydroxyl groups excluding tert-OH is 2. The van der Waals surface area contributed by atoms with Crippen LogP contribution in [0.4, 0.5) is 0 Å². The minimum Gasteiger partial charge on any atom is -0.393 e. The Bertz CT molecular complexity index is 186. The lowest BCUT2D eigenvalue weighted by atomic mass is 10.0. The second-order valence-corrected chi connectivity index (χ2v) is 4.81. The molecule has 1 heterocycles. The van der Waals surface area contributed by atoms with Crippen LogP contribution >= 0.6 is 0 Å². The number of likely N-dealkylation sites (tertiary alicyclic amines) is 1. The van der Waals surface area contributed by atoms with E-state index in [-0.39, 0.29) is 12.2 Å². The molecule has 0 amide bonds. The summed E-state index contributed by atoms with van der Waals surface area (Å²) in [6.07, 6.45) is 5.13. The summed E-state index contributed by atoms with van der Waals surface area (Å²) in [6.45, 7) is 2.89. The van der Waals surface area contributed by atoms with E-state index >= 15 is 0 Å². The highest BCUT2D eigenvalue weighted by Crippen LogP contribution is 2.27. The highest BCUT2D eigenvalue weighted by Gasteiger charge is 2.28. The zero-order valence-corrected chi connectivity index (χ0v) is 8.73. The van der Waals surface area contributed by atoms with Crippen molar-refractivity contribution in [2.45, 2.75) is 44.3 Å². The normalized spacial score (nSPS) is 40.3. The van der Waals surface area contributed by atoms with Gasteiger partial charge in [-0.3, -0.25) is 0 Å². The molecule has 0 aromatic rings. The Morgan fingerprint density at radius 3 is 2.57 bits per heavy atom. The minimum absolute atomic E-state index is 0.0888. The Morgan fingerprint density at radius 2 is 1.93 bits per heavy atom. The van der Waals surface area contributed by atoms with E-state index in [1.54, 1.807) is 0 Å². The van der Waals surface area contributed by atoms with E-state index in [9.17, 15) is 10.2 Å². The maximum Gasteiger partial charge on any atom is 0.0667 e. The summed E-state index contributed by atoms with van der Waals surface area (Å²) in [4.78, 5) is 2.31. The molecular weight excluding hydrogens is 178 g/mol. The van der Waals surface area contributed by atoms with Crippen molar-refractivity contribution < 1.29 is 10.2 Å². The smallest absolute Gasteiger partial charge is 0.0667 e. The molecule has 1 aliphatic heterocycles. The third kappa shape index (κ3) is 2.47. The molecule has 2 fully saturated rings. The van der Waals surface area contributed by atoms with Gasteiger partial charge in [0.05, 0.1) is 12.2 Å². The SMILES string of the molecule is OC1CCCN(CC2CCCC2O)C1. The molecular formula is C11H21NO2. The zero-order valence-electron chi connectivity index (χ0n) is 8.73. The number of β-amino-alcohol motifs (C(OH)–C–C–N with tert-alkyl or cyclic N) is 1. The van der Waals surface area contributed by atoms with Crippen LogP contribution in [0.15, 0.2) is 0 Å². The lowest BCUT2D eigenvalue weighted by molar-refractivity contribution is 0.0429. The molecule has 1 saturated heterocycles. The molecule has 2 N–H and O–H groups in total. The van der Waals surface area contributed by atoms with Gasteiger partial charge >= 0.3 is 0 Å². The summed E-state index contributed by atoms with van der Waals surface area (Å²) >= 11 is 0. The fourth-order valence-electron chi connectivity index (χ4n) is 2.76. The Balaban J connectivity index is 1.78. The van der Waals surface area contributed by atoms with Crippen LogP contribution in [0.2, 0.25) is 0 Å².